The summed E-state index contributed by atoms with van der Waals surface area (Å²) in [5, 5.41) is 8.82. The highest BCUT2D eigenvalue weighted by Gasteiger charge is 2.06. The molecule has 0 radical (unpaired) electrons. The average Bonchev–Trinajstić information content (AvgIpc) is 2.77. The summed E-state index contributed by atoms with van der Waals surface area (Å²) < 4.78 is 11.3. The first kappa shape index (κ1) is 18.9. The van der Waals surface area contributed by atoms with Gasteiger partial charge in [0.1, 0.15) is 6.61 Å². The molecular formula is C24H19NO3. The summed E-state index contributed by atoms with van der Waals surface area (Å²) in [6.45, 7) is 0.448. The third-order valence-electron chi connectivity index (χ3n) is 4.15. The number of allylic oxidation sites excluding steroid dienone is 1. The Morgan fingerprint density at radius 2 is 1.75 bits per heavy atom. The van der Waals surface area contributed by atoms with Crippen LogP contribution >= 0.6 is 0 Å². The van der Waals surface area contributed by atoms with E-state index in [9.17, 15) is 4.79 Å². The Balaban J connectivity index is 1.69. The smallest absolute Gasteiger partial charge is 0.185 e. The van der Waals surface area contributed by atoms with Gasteiger partial charge in [0.05, 0.1) is 18.7 Å². The second kappa shape index (κ2) is 9.20. The predicted octanol–water partition coefficient (Wildman–Crippen LogP) is 5.04. The summed E-state index contributed by atoms with van der Waals surface area (Å²) in [4.78, 5) is 12.3. The highest BCUT2D eigenvalue weighted by molar-refractivity contribution is 6.06. The summed E-state index contributed by atoms with van der Waals surface area (Å²) in [7, 11) is 1.58. The van der Waals surface area contributed by atoms with Crippen LogP contribution in [0.25, 0.3) is 6.08 Å². The number of rotatable bonds is 7. The molecule has 4 nitrogen and oxygen atoms in total. The first-order valence-electron chi connectivity index (χ1n) is 8.77. The monoisotopic (exact) mass is 369 g/mol. The molecule has 0 unspecified atom stereocenters. The first-order valence-corrected chi connectivity index (χ1v) is 8.77. The standard InChI is InChI=1S/C24H19NO3/c1-27-24-15-18(9-13-22(26)21-11-7-19(16-25)8-12-21)10-14-23(24)28-17-20-5-3-2-4-6-20/h2-15H,17H2,1H3/b13-9+. The number of carbonyl (C=O) groups is 1. The number of carbonyl (C=O) groups excluding carboxylic acids is 1. The van der Waals surface area contributed by atoms with Crippen LogP contribution in [0.3, 0.4) is 0 Å². The second-order valence-corrected chi connectivity index (χ2v) is 6.07. The van der Waals surface area contributed by atoms with E-state index in [1.807, 2.05) is 54.6 Å². The minimum Gasteiger partial charge on any atom is -0.493 e. The summed E-state index contributed by atoms with van der Waals surface area (Å²) in [5.74, 6) is 1.11. The lowest BCUT2D eigenvalue weighted by atomic mass is 10.1. The van der Waals surface area contributed by atoms with E-state index in [1.54, 1.807) is 37.5 Å². The van der Waals surface area contributed by atoms with Gasteiger partial charge in [-0.2, -0.15) is 5.26 Å². The Kier molecular flexibility index (Phi) is 6.22. The maximum absolute atomic E-state index is 12.3. The molecule has 0 fully saturated rings. The van der Waals surface area contributed by atoms with Crippen LogP contribution in [0.5, 0.6) is 11.5 Å². The summed E-state index contributed by atoms with van der Waals surface area (Å²) >= 11 is 0. The summed E-state index contributed by atoms with van der Waals surface area (Å²) in [6.07, 6.45) is 3.23. The van der Waals surface area contributed by atoms with Crippen molar-refractivity contribution in [2.24, 2.45) is 0 Å². The molecule has 0 saturated heterocycles. The van der Waals surface area contributed by atoms with E-state index in [4.69, 9.17) is 14.7 Å². The molecule has 0 amide bonds. The maximum atomic E-state index is 12.3. The van der Waals surface area contributed by atoms with Crippen molar-refractivity contribution in [2.45, 2.75) is 6.61 Å². The molecule has 0 aliphatic rings. The molecule has 0 bridgehead atoms. The molecule has 138 valence electrons. The van der Waals surface area contributed by atoms with Gasteiger partial charge in [0.2, 0.25) is 0 Å². The molecule has 3 aromatic carbocycles. The van der Waals surface area contributed by atoms with Crippen molar-refractivity contribution in [3.8, 4) is 17.6 Å². The molecule has 0 heterocycles. The molecule has 0 aromatic heterocycles. The van der Waals surface area contributed by atoms with E-state index in [-0.39, 0.29) is 5.78 Å². The molecule has 28 heavy (non-hydrogen) atoms. The SMILES string of the molecule is COc1cc(/C=C/C(=O)c2ccc(C#N)cc2)ccc1OCc1ccccc1. The van der Waals surface area contributed by atoms with Gasteiger partial charge in [-0.1, -0.05) is 42.5 Å². The highest BCUT2D eigenvalue weighted by Crippen LogP contribution is 2.29. The Hall–Kier alpha value is -3.84. The molecule has 0 spiro atoms. The minimum absolute atomic E-state index is 0.132. The van der Waals surface area contributed by atoms with Gasteiger partial charge in [0.25, 0.3) is 0 Å². The molecule has 0 aliphatic carbocycles. The van der Waals surface area contributed by atoms with Gasteiger partial charge in [-0.05, 0) is 53.6 Å². The largest absolute Gasteiger partial charge is 0.493 e. The highest BCUT2D eigenvalue weighted by atomic mass is 16.5. The maximum Gasteiger partial charge on any atom is 0.185 e. The Labute approximate surface area is 164 Å². The molecule has 3 aromatic rings. The Bertz CT molecular complexity index is 1020. The van der Waals surface area contributed by atoms with Gasteiger partial charge in [-0.15, -0.1) is 0 Å². The Morgan fingerprint density at radius 3 is 2.43 bits per heavy atom. The van der Waals surface area contributed by atoms with Gasteiger partial charge in [-0.25, -0.2) is 0 Å². The number of nitrogens with zero attached hydrogens (tertiary/aromatic N) is 1. The van der Waals surface area contributed by atoms with Crippen LogP contribution in [0, 0.1) is 11.3 Å². The zero-order valence-electron chi connectivity index (χ0n) is 15.5. The van der Waals surface area contributed by atoms with E-state index in [0.717, 1.165) is 11.1 Å². The number of hydrogen-bond donors (Lipinski definition) is 0. The molecule has 0 atom stereocenters. The van der Waals surface area contributed by atoms with Crippen LogP contribution in [-0.2, 0) is 6.61 Å². The van der Waals surface area contributed by atoms with Gasteiger partial charge in [0.15, 0.2) is 17.3 Å². The van der Waals surface area contributed by atoms with Crippen molar-refractivity contribution in [2.75, 3.05) is 7.11 Å². The van der Waals surface area contributed by atoms with Crippen LogP contribution in [-0.4, -0.2) is 12.9 Å². The van der Waals surface area contributed by atoms with Crippen molar-refractivity contribution in [1.29, 1.82) is 5.26 Å². The van der Waals surface area contributed by atoms with Gasteiger partial charge < -0.3 is 9.47 Å². The molecular weight excluding hydrogens is 350 g/mol. The molecule has 0 aliphatic heterocycles. The fourth-order valence-corrected chi connectivity index (χ4v) is 2.62. The van der Waals surface area contributed by atoms with Crippen molar-refractivity contribution >= 4 is 11.9 Å². The number of hydrogen-bond acceptors (Lipinski definition) is 4. The fraction of sp³-hybridized carbons (Fsp3) is 0.0833. The normalized spacial score (nSPS) is 10.4. The van der Waals surface area contributed by atoms with E-state index < -0.39 is 0 Å². The van der Waals surface area contributed by atoms with Crippen molar-refractivity contribution in [1.82, 2.24) is 0 Å². The third kappa shape index (κ3) is 4.87. The Morgan fingerprint density at radius 1 is 1.00 bits per heavy atom. The van der Waals surface area contributed by atoms with E-state index in [2.05, 4.69) is 0 Å². The lowest BCUT2D eigenvalue weighted by Gasteiger charge is -2.11. The number of ketones is 1. The van der Waals surface area contributed by atoms with Gasteiger partial charge in [0, 0.05) is 5.56 Å². The van der Waals surface area contributed by atoms with Crippen LogP contribution < -0.4 is 9.47 Å². The van der Waals surface area contributed by atoms with Crippen LogP contribution in [0.1, 0.15) is 27.0 Å². The second-order valence-electron chi connectivity index (χ2n) is 6.07. The number of nitriles is 1. The van der Waals surface area contributed by atoms with Crippen LogP contribution in [0.2, 0.25) is 0 Å². The van der Waals surface area contributed by atoms with Crippen LogP contribution in [0.4, 0.5) is 0 Å². The zero-order chi connectivity index (χ0) is 19.8. The van der Waals surface area contributed by atoms with Crippen molar-refractivity contribution in [3.05, 3.63) is 101 Å². The van der Waals surface area contributed by atoms with E-state index in [0.29, 0.717) is 29.2 Å². The van der Waals surface area contributed by atoms with E-state index >= 15 is 0 Å². The summed E-state index contributed by atoms with van der Waals surface area (Å²) in [5.41, 5.74) is 2.95. The average molecular weight is 369 g/mol. The van der Waals surface area contributed by atoms with Gasteiger partial charge in [-0.3, -0.25) is 4.79 Å². The molecule has 0 saturated carbocycles. The quantitative estimate of drug-likeness (QED) is 0.432. The molecule has 0 N–H and O–H groups in total. The van der Waals surface area contributed by atoms with Crippen molar-refractivity contribution < 1.29 is 14.3 Å². The summed E-state index contributed by atoms with van der Waals surface area (Å²) in [6, 6.07) is 24.0. The fourth-order valence-electron chi connectivity index (χ4n) is 2.62. The lowest BCUT2D eigenvalue weighted by Crippen LogP contribution is -1.98. The molecule has 3 rings (SSSR count). The first-order chi connectivity index (χ1) is 13.7. The molecule has 4 heteroatoms. The number of methoxy groups -OCH3 is 1. The lowest BCUT2D eigenvalue weighted by molar-refractivity contribution is 0.104. The predicted molar refractivity (Wildman–Crippen MR) is 108 cm³/mol. The number of ether oxygens (including phenoxy) is 2. The van der Waals surface area contributed by atoms with E-state index in [1.165, 1.54) is 6.08 Å². The topological polar surface area (TPSA) is 59.3 Å². The third-order valence-corrected chi connectivity index (χ3v) is 4.15. The minimum atomic E-state index is -0.132. The van der Waals surface area contributed by atoms with Crippen molar-refractivity contribution in [3.63, 3.8) is 0 Å². The van der Waals surface area contributed by atoms with Gasteiger partial charge >= 0.3 is 0 Å². The van der Waals surface area contributed by atoms with Crippen LogP contribution in [0.15, 0.2) is 78.9 Å². The zero-order valence-corrected chi connectivity index (χ0v) is 15.5. The number of benzene rings is 3.